The smallest absolute Gasteiger partial charge is 0.326 e. The topological polar surface area (TPSA) is 222 Å². The van der Waals surface area contributed by atoms with Crippen LogP contribution < -0.4 is 22.1 Å². The van der Waals surface area contributed by atoms with Crippen LogP contribution in [0.3, 0.4) is 0 Å². The molecule has 12 heteroatoms. The molecule has 0 bridgehead atoms. The summed E-state index contributed by atoms with van der Waals surface area (Å²) < 4.78 is 0. The number of hydrogen-bond donors (Lipinski definition) is 7. The molecule has 3 atom stereocenters. The Hall–Kier alpha value is -2.73. The predicted octanol–water partition coefficient (Wildman–Crippen LogP) is -2.16. The van der Waals surface area contributed by atoms with E-state index in [1.165, 1.54) is 0 Å². The van der Waals surface area contributed by atoms with E-state index >= 15 is 0 Å². The van der Waals surface area contributed by atoms with Crippen molar-refractivity contribution in [3.8, 4) is 0 Å². The van der Waals surface area contributed by atoms with E-state index in [0.29, 0.717) is 19.4 Å². The van der Waals surface area contributed by atoms with E-state index in [1.807, 2.05) is 0 Å². The largest absolute Gasteiger partial charge is 0.481 e. The first-order valence-electron chi connectivity index (χ1n) is 8.31. The van der Waals surface area contributed by atoms with E-state index in [0.717, 1.165) is 0 Å². The van der Waals surface area contributed by atoms with E-state index < -0.39 is 60.7 Å². The maximum absolute atomic E-state index is 12.3. The molecule has 0 heterocycles. The van der Waals surface area contributed by atoms with Gasteiger partial charge in [-0.05, 0) is 32.2 Å². The molecular weight excluding hydrogens is 364 g/mol. The fraction of sp³-hybridized carbons (Fsp3) is 0.667. The van der Waals surface area contributed by atoms with Crippen LogP contribution in [0.25, 0.3) is 0 Å². The lowest BCUT2D eigenvalue weighted by Crippen LogP contribution is -2.54. The lowest BCUT2D eigenvalue weighted by Gasteiger charge is -2.22. The van der Waals surface area contributed by atoms with E-state index in [2.05, 4.69) is 10.6 Å². The molecule has 0 aromatic rings. The van der Waals surface area contributed by atoms with Crippen molar-refractivity contribution in [1.29, 1.82) is 0 Å². The summed E-state index contributed by atoms with van der Waals surface area (Å²) in [6.45, 7) is 0.360. The summed E-state index contributed by atoms with van der Waals surface area (Å²) in [5.41, 5.74) is 10.7. The number of hydrogen-bond acceptors (Lipinski definition) is 7. The average molecular weight is 390 g/mol. The summed E-state index contributed by atoms with van der Waals surface area (Å²) in [6, 6.07) is -4.05. The zero-order chi connectivity index (χ0) is 21.0. The number of carbonyl (C=O) groups is 5. The SMILES string of the molecule is NCCCCC(NC(=O)C(CCC(=O)O)NC(=O)C(N)CC(=O)O)C(=O)O. The van der Waals surface area contributed by atoms with Crippen molar-refractivity contribution in [3.63, 3.8) is 0 Å². The molecular formula is C15H26N4O8. The highest BCUT2D eigenvalue weighted by Gasteiger charge is 2.28. The van der Waals surface area contributed by atoms with Crippen molar-refractivity contribution in [3.05, 3.63) is 0 Å². The second-order valence-corrected chi connectivity index (χ2v) is 5.88. The molecule has 0 saturated carbocycles. The van der Waals surface area contributed by atoms with Crippen molar-refractivity contribution in [2.75, 3.05) is 6.54 Å². The molecule has 0 radical (unpaired) electrons. The number of carbonyl (C=O) groups excluding carboxylic acids is 2. The van der Waals surface area contributed by atoms with Crippen LogP contribution in [0.15, 0.2) is 0 Å². The van der Waals surface area contributed by atoms with E-state index in [4.69, 9.17) is 21.7 Å². The Labute approximate surface area is 155 Å². The summed E-state index contributed by atoms with van der Waals surface area (Å²) in [5.74, 6) is -5.69. The number of nitrogens with one attached hydrogen (secondary N) is 2. The Morgan fingerprint density at radius 3 is 1.89 bits per heavy atom. The van der Waals surface area contributed by atoms with E-state index in [9.17, 15) is 29.1 Å². The first kappa shape index (κ1) is 24.3. The minimum atomic E-state index is -1.44. The Morgan fingerprint density at radius 2 is 1.41 bits per heavy atom. The third-order valence-electron chi connectivity index (χ3n) is 3.57. The Bertz CT molecular complexity index is 554. The number of nitrogens with two attached hydrogens (primary N) is 2. The van der Waals surface area contributed by atoms with Crippen LogP contribution in [0.5, 0.6) is 0 Å². The molecule has 2 amide bonds. The normalized spacial score (nSPS) is 13.9. The minimum Gasteiger partial charge on any atom is -0.481 e. The number of amides is 2. The lowest BCUT2D eigenvalue weighted by molar-refractivity contribution is -0.143. The zero-order valence-corrected chi connectivity index (χ0v) is 14.7. The molecule has 0 aliphatic rings. The summed E-state index contributed by atoms with van der Waals surface area (Å²) in [4.78, 5) is 56.8. The van der Waals surface area contributed by atoms with Crippen molar-refractivity contribution in [2.45, 2.75) is 56.7 Å². The van der Waals surface area contributed by atoms with Gasteiger partial charge >= 0.3 is 17.9 Å². The van der Waals surface area contributed by atoms with E-state index in [1.54, 1.807) is 0 Å². The third kappa shape index (κ3) is 10.8. The maximum atomic E-state index is 12.3. The van der Waals surface area contributed by atoms with Crippen LogP contribution in [0.1, 0.15) is 38.5 Å². The van der Waals surface area contributed by atoms with Crippen LogP contribution in [0, 0.1) is 0 Å². The van der Waals surface area contributed by atoms with Crippen molar-refractivity contribution >= 4 is 29.7 Å². The summed E-state index contributed by atoms with van der Waals surface area (Å²) in [5, 5.41) is 31.0. The molecule has 9 N–H and O–H groups in total. The van der Waals surface area contributed by atoms with Crippen LogP contribution in [-0.4, -0.2) is 69.7 Å². The fourth-order valence-corrected chi connectivity index (χ4v) is 2.12. The molecule has 27 heavy (non-hydrogen) atoms. The maximum Gasteiger partial charge on any atom is 0.326 e. The molecule has 0 aliphatic carbocycles. The minimum absolute atomic E-state index is 0.108. The molecule has 0 aliphatic heterocycles. The Morgan fingerprint density at radius 1 is 0.815 bits per heavy atom. The first-order chi connectivity index (χ1) is 12.6. The van der Waals surface area contributed by atoms with Gasteiger partial charge in [0.2, 0.25) is 11.8 Å². The van der Waals surface area contributed by atoms with Crippen LogP contribution in [0.4, 0.5) is 0 Å². The number of carboxylic acid groups (broad SMARTS) is 3. The second-order valence-electron chi connectivity index (χ2n) is 5.88. The second kappa shape index (κ2) is 12.6. The van der Waals surface area contributed by atoms with Crippen molar-refractivity contribution in [2.24, 2.45) is 11.5 Å². The van der Waals surface area contributed by atoms with Gasteiger partial charge in [0.15, 0.2) is 0 Å². The van der Waals surface area contributed by atoms with Gasteiger partial charge in [0.25, 0.3) is 0 Å². The molecule has 0 aromatic heterocycles. The van der Waals surface area contributed by atoms with Gasteiger partial charge in [-0.3, -0.25) is 19.2 Å². The standard InChI is InChI=1S/C15H26N4O8/c16-6-2-1-3-10(15(26)27)19-14(25)9(4-5-11(20)21)18-13(24)8(17)7-12(22)23/h8-10H,1-7,16-17H2,(H,18,24)(H,19,25)(H,20,21)(H,22,23)(H,26,27). The van der Waals surface area contributed by atoms with Gasteiger partial charge in [0.1, 0.15) is 12.1 Å². The molecule has 12 nitrogen and oxygen atoms in total. The highest BCUT2D eigenvalue weighted by Crippen LogP contribution is 2.05. The van der Waals surface area contributed by atoms with Gasteiger partial charge in [-0.25, -0.2) is 4.79 Å². The number of aliphatic carboxylic acids is 3. The molecule has 0 saturated heterocycles. The van der Waals surface area contributed by atoms with Gasteiger partial charge in [-0.15, -0.1) is 0 Å². The first-order valence-corrected chi connectivity index (χ1v) is 8.31. The van der Waals surface area contributed by atoms with Gasteiger partial charge in [0.05, 0.1) is 12.5 Å². The number of unbranched alkanes of at least 4 members (excludes halogenated alkanes) is 1. The number of rotatable bonds is 14. The van der Waals surface area contributed by atoms with Gasteiger partial charge < -0.3 is 37.4 Å². The predicted molar refractivity (Wildman–Crippen MR) is 91.5 cm³/mol. The monoisotopic (exact) mass is 390 g/mol. The van der Waals surface area contributed by atoms with Crippen LogP contribution >= 0.6 is 0 Å². The summed E-state index contributed by atoms with van der Waals surface area (Å²) in [7, 11) is 0. The van der Waals surface area contributed by atoms with Crippen LogP contribution in [0.2, 0.25) is 0 Å². The Kier molecular flexibility index (Phi) is 11.3. The van der Waals surface area contributed by atoms with E-state index in [-0.39, 0.29) is 12.8 Å². The molecule has 3 unspecified atom stereocenters. The summed E-state index contributed by atoms with van der Waals surface area (Å²) >= 11 is 0. The Balaban J connectivity index is 5.04. The molecule has 0 rings (SSSR count). The summed E-state index contributed by atoms with van der Waals surface area (Å²) in [6.07, 6.45) is -0.363. The highest BCUT2D eigenvalue weighted by molar-refractivity contribution is 5.93. The quantitative estimate of drug-likeness (QED) is 0.159. The molecule has 0 fully saturated rings. The van der Waals surface area contributed by atoms with Gasteiger partial charge in [-0.1, -0.05) is 0 Å². The number of carboxylic acids is 3. The fourth-order valence-electron chi connectivity index (χ4n) is 2.12. The average Bonchev–Trinajstić information content (AvgIpc) is 2.56. The highest BCUT2D eigenvalue weighted by atomic mass is 16.4. The van der Waals surface area contributed by atoms with Crippen molar-refractivity contribution in [1.82, 2.24) is 10.6 Å². The lowest BCUT2D eigenvalue weighted by atomic mass is 10.1. The van der Waals surface area contributed by atoms with Gasteiger partial charge in [0, 0.05) is 6.42 Å². The van der Waals surface area contributed by atoms with Gasteiger partial charge in [-0.2, -0.15) is 0 Å². The molecule has 0 spiro atoms. The third-order valence-corrected chi connectivity index (χ3v) is 3.57. The molecule has 154 valence electrons. The molecule has 0 aromatic carbocycles. The van der Waals surface area contributed by atoms with Crippen molar-refractivity contribution < 1.29 is 39.3 Å². The van der Waals surface area contributed by atoms with Crippen LogP contribution in [-0.2, 0) is 24.0 Å². The zero-order valence-electron chi connectivity index (χ0n) is 14.7.